The lowest BCUT2D eigenvalue weighted by Gasteiger charge is -2.22. The Morgan fingerprint density at radius 1 is 1.20 bits per heavy atom. The Balaban J connectivity index is 1.78. The standard InChI is InChI=1S/C15H18BrNO3/c16-13-9-5-4-8-12(13)15(19)20-10-14(18)17-11-6-2-1-3-7-11/h4-5,8-9,11H,1-3,6-7,10H2,(H,17,18). The van der Waals surface area contributed by atoms with E-state index in [4.69, 9.17) is 4.74 Å². The molecule has 20 heavy (non-hydrogen) atoms. The first-order valence-corrected chi connectivity index (χ1v) is 7.67. The first-order valence-electron chi connectivity index (χ1n) is 6.88. The summed E-state index contributed by atoms with van der Waals surface area (Å²) in [6, 6.07) is 7.22. The molecule has 0 aliphatic heterocycles. The van der Waals surface area contributed by atoms with Crippen molar-refractivity contribution in [2.45, 2.75) is 38.1 Å². The van der Waals surface area contributed by atoms with E-state index in [-0.39, 0.29) is 18.6 Å². The molecule has 0 unspecified atom stereocenters. The van der Waals surface area contributed by atoms with Crippen molar-refractivity contribution in [3.63, 3.8) is 0 Å². The van der Waals surface area contributed by atoms with Gasteiger partial charge in [0, 0.05) is 10.5 Å². The Morgan fingerprint density at radius 2 is 1.90 bits per heavy atom. The summed E-state index contributed by atoms with van der Waals surface area (Å²) < 4.78 is 5.70. The Kier molecular flexibility index (Phi) is 5.59. The van der Waals surface area contributed by atoms with E-state index in [1.165, 1.54) is 6.42 Å². The molecule has 1 fully saturated rings. The molecule has 0 radical (unpaired) electrons. The number of carbonyl (C=O) groups excluding carboxylic acids is 2. The van der Waals surface area contributed by atoms with Crippen LogP contribution in [-0.2, 0) is 9.53 Å². The molecule has 1 aromatic rings. The monoisotopic (exact) mass is 339 g/mol. The zero-order chi connectivity index (χ0) is 14.4. The first-order chi connectivity index (χ1) is 9.66. The molecule has 0 saturated heterocycles. The molecular weight excluding hydrogens is 322 g/mol. The van der Waals surface area contributed by atoms with Gasteiger partial charge >= 0.3 is 5.97 Å². The second-order valence-corrected chi connectivity index (χ2v) is 5.81. The van der Waals surface area contributed by atoms with Gasteiger partial charge in [0.1, 0.15) is 0 Å². The molecule has 1 N–H and O–H groups in total. The van der Waals surface area contributed by atoms with E-state index < -0.39 is 5.97 Å². The maximum atomic E-state index is 11.8. The van der Waals surface area contributed by atoms with Crippen molar-refractivity contribution < 1.29 is 14.3 Å². The lowest BCUT2D eigenvalue weighted by atomic mass is 9.95. The molecule has 108 valence electrons. The fourth-order valence-electron chi connectivity index (χ4n) is 2.35. The highest BCUT2D eigenvalue weighted by atomic mass is 79.9. The SMILES string of the molecule is O=C(COC(=O)c1ccccc1Br)NC1CCCCC1. The number of nitrogens with one attached hydrogen (secondary N) is 1. The average Bonchev–Trinajstić information content (AvgIpc) is 2.46. The summed E-state index contributed by atoms with van der Waals surface area (Å²) in [6.07, 6.45) is 5.58. The van der Waals surface area contributed by atoms with Crippen LogP contribution in [0.5, 0.6) is 0 Å². The van der Waals surface area contributed by atoms with Gasteiger partial charge < -0.3 is 10.1 Å². The van der Waals surface area contributed by atoms with Crippen LogP contribution in [-0.4, -0.2) is 24.5 Å². The van der Waals surface area contributed by atoms with E-state index in [0.717, 1.165) is 25.7 Å². The summed E-state index contributed by atoms with van der Waals surface area (Å²) in [5, 5.41) is 2.91. The molecule has 1 saturated carbocycles. The molecule has 0 aromatic heterocycles. The summed E-state index contributed by atoms with van der Waals surface area (Å²) in [4.78, 5) is 23.6. The molecule has 0 spiro atoms. The quantitative estimate of drug-likeness (QED) is 0.857. The van der Waals surface area contributed by atoms with Crippen molar-refractivity contribution in [2.24, 2.45) is 0 Å². The molecule has 5 heteroatoms. The molecule has 2 rings (SSSR count). The summed E-state index contributed by atoms with van der Waals surface area (Å²) in [5.41, 5.74) is 0.429. The first kappa shape index (κ1) is 15.0. The maximum absolute atomic E-state index is 11.8. The summed E-state index contributed by atoms with van der Waals surface area (Å²) in [7, 11) is 0. The predicted molar refractivity (Wildman–Crippen MR) is 79.4 cm³/mol. The van der Waals surface area contributed by atoms with Crippen molar-refractivity contribution in [2.75, 3.05) is 6.61 Å². The molecule has 4 nitrogen and oxygen atoms in total. The van der Waals surface area contributed by atoms with Gasteiger partial charge in [-0.25, -0.2) is 4.79 Å². The fraction of sp³-hybridized carbons (Fsp3) is 0.467. The third-order valence-corrected chi connectivity index (χ3v) is 4.09. The zero-order valence-electron chi connectivity index (χ0n) is 11.2. The topological polar surface area (TPSA) is 55.4 Å². The van der Waals surface area contributed by atoms with E-state index in [0.29, 0.717) is 10.0 Å². The number of benzene rings is 1. The van der Waals surface area contributed by atoms with Crippen molar-refractivity contribution in [3.8, 4) is 0 Å². The minimum atomic E-state index is -0.490. The number of esters is 1. The van der Waals surface area contributed by atoms with Crippen molar-refractivity contribution >= 4 is 27.8 Å². The molecule has 1 aromatic carbocycles. The molecule has 0 heterocycles. The second kappa shape index (κ2) is 7.43. The van der Waals surface area contributed by atoms with Crippen LogP contribution >= 0.6 is 15.9 Å². The zero-order valence-corrected chi connectivity index (χ0v) is 12.8. The number of hydrogen-bond donors (Lipinski definition) is 1. The average molecular weight is 340 g/mol. The number of hydrogen-bond acceptors (Lipinski definition) is 3. The van der Waals surface area contributed by atoms with Crippen LogP contribution in [0.1, 0.15) is 42.5 Å². The van der Waals surface area contributed by atoms with Gasteiger partial charge in [-0.3, -0.25) is 4.79 Å². The Labute approximate surface area is 127 Å². The van der Waals surface area contributed by atoms with Gasteiger partial charge in [0.2, 0.25) is 0 Å². The number of carbonyl (C=O) groups is 2. The van der Waals surface area contributed by atoms with E-state index in [1.807, 2.05) is 6.07 Å². The number of amides is 1. The Bertz CT molecular complexity index is 484. The Morgan fingerprint density at radius 3 is 2.60 bits per heavy atom. The van der Waals surface area contributed by atoms with Crippen LogP contribution in [0.25, 0.3) is 0 Å². The minimum absolute atomic E-state index is 0.225. The van der Waals surface area contributed by atoms with Crippen LogP contribution < -0.4 is 5.32 Å². The van der Waals surface area contributed by atoms with Crippen LogP contribution in [0, 0.1) is 0 Å². The highest BCUT2D eigenvalue weighted by Crippen LogP contribution is 2.18. The number of rotatable bonds is 4. The van der Waals surface area contributed by atoms with Gasteiger partial charge in [0.25, 0.3) is 5.91 Å². The van der Waals surface area contributed by atoms with Gasteiger partial charge in [-0.1, -0.05) is 31.4 Å². The predicted octanol–water partition coefficient (Wildman–Crippen LogP) is 3.05. The van der Waals surface area contributed by atoms with E-state index in [2.05, 4.69) is 21.2 Å². The summed E-state index contributed by atoms with van der Waals surface area (Å²) in [6.45, 7) is -0.226. The van der Waals surface area contributed by atoms with Gasteiger partial charge in [-0.2, -0.15) is 0 Å². The van der Waals surface area contributed by atoms with Crippen LogP contribution in [0.4, 0.5) is 0 Å². The van der Waals surface area contributed by atoms with Crippen molar-refractivity contribution in [1.82, 2.24) is 5.32 Å². The van der Waals surface area contributed by atoms with Crippen LogP contribution in [0.15, 0.2) is 28.7 Å². The second-order valence-electron chi connectivity index (χ2n) is 4.96. The van der Waals surface area contributed by atoms with Crippen molar-refractivity contribution in [3.05, 3.63) is 34.3 Å². The molecule has 1 aliphatic rings. The van der Waals surface area contributed by atoms with Crippen molar-refractivity contribution in [1.29, 1.82) is 0 Å². The molecule has 1 aliphatic carbocycles. The minimum Gasteiger partial charge on any atom is -0.452 e. The Hall–Kier alpha value is -1.36. The van der Waals surface area contributed by atoms with Gasteiger partial charge in [0.05, 0.1) is 5.56 Å². The lowest BCUT2D eigenvalue weighted by Crippen LogP contribution is -2.38. The number of halogens is 1. The van der Waals surface area contributed by atoms with E-state index in [1.54, 1.807) is 18.2 Å². The fourth-order valence-corrected chi connectivity index (χ4v) is 2.80. The molecular formula is C15H18BrNO3. The van der Waals surface area contributed by atoms with E-state index >= 15 is 0 Å². The maximum Gasteiger partial charge on any atom is 0.339 e. The van der Waals surface area contributed by atoms with Gasteiger partial charge in [0.15, 0.2) is 6.61 Å². The normalized spacial score (nSPS) is 15.7. The smallest absolute Gasteiger partial charge is 0.339 e. The largest absolute Gasteiger partial charge is 0.452 e. The summed E-state index contributed by atoms with van der Waals surface area (Å²) in [5.74, 6) is -0.714. The molecule has 1 amide bonds. The third-order valence-electron chi connectivity index (χ3n) is 3.40. The molecule has 0 bridgehead atoms. The highest BCUT2D eigenvalue weighted by molar-refractivity contribution is 9.10. The van der Waals surface area contributed by atoms with Crippen LogP contribution in [0.3, 0.4) is 0 Å². The summed E-state index contributed by atoms with van der Waals surface area (Å²) >= 11 is 3.28. The van der Waals surface area contributed by atoms with E-state index in [9.17, 15) is 9.59 Å². The highest BCUT2D eigenvalue weighted by Gasteiger charge is 2.17. The van der Waals surface area contributed by atoms with Crippen LogP contribution in [0.2, 0.25) is 0 Å². The van der Waals surface area contributed by atoms with Gasteiger partial charge in [-0.15, -0.1) is 0 Å². The number of ether oxygens (including phenoxy) is 1. The molecule has 0 atom stereocenters. The lowest BCUT2D eigenvalue weighted by molar-refractivity contribution is -0.125. The van der Waals surface area contributed by atoms with Gasteiger partial charge in [-0.05, 0) is 40.9 Å². The third kappa shape index (κ3) is 4.34.